The number of likely N-dealkylation sites (tertiary alicyclic amines) is 1. The topological polar surface area (TPSA) is 248 Å². The summed E-state index contributed by atoms with van der Waals surface area (Å²) in [5.74, 6) is -6.21. The molecule has 0 spiro atoms. The number of rotatable bonds is 15. The average Bonchev–Trinajstić information content (AvgIpc) is 4.11. The molecule has 338 valence electrons. The number of nitrogens with two attached hydrogens (primary N) is 1. The van der Waals surface area contributed by atoms with Crippen LogP contribution in [0.4, 0.5) is 0 Å². The fraction of sp³-hybridized carbons (Fsp3) is 0.533. The molecule has 2 aliphatic heterocycles. The lowest BCUT2D eigenvalue weighted by Crippen LogP contribution is -2.53. The highest BCUT2D eigenvalue weighted by Crippen LogP contribution is 2.47. The Morgan fingerprint density at radius 3 is 2.32 bits per heavy atom. The number of Topliss-reactive ketones (excluding diaryl/α,β-unsaturated/α-hetero) is 2. The van der Waals surface area contributed by atoms with E-state index in [2.05, 4.69) is 16.0 Å². The van der Waals surface area contributed by atoms with Crippen LogP contribution in [0.3, 0.4) is 0 Å². The van der Waals surface area contributed by atoms with Crippen LogP contribution in [0.1, 0.15) is 122 Å². The summed E-state index contributed by atoms with van der Waals surface area (Å²) >= 11 is 0. The zero-order valence-corrected chi connectivity index (χ0v) is 36.1. The molecule has 0 radical (unpaired) electrons. The van der Waals surface area contributed by atoms with Crippen LogP contribution in [0.2, 0.25) is 0 Å². The number of nitrogens with one attached hydrogen (secondary N) is 3. The Kier molecular flexibility index (Phi) is 14.3. The molecule has 4 atom stereocenters. The van der Waals surface area contributed by atoms with Crippen molar-refractivity contribution in [3.05, 3.63) is 78.1 Å². The van der Waals surface area contributed by atoms with E-state index in [0.717, 1.165) is 25.7 Å². The van der Waals surface area contributed by atoms with Gasteiger partial charge in [0.25, 0.3) is 21.8 Å². The predicted octanol–water partition coefficient (Wildman–Crippen LogP) is 3.60. The van der Waals surface area contributed by atoms with Crippen LogP contribution in [-0.4, -0.2) is 103 Å². The Hall–Kier alpha value is -5.62. The van der Waals surface area contributed by atoms with E-state index in [0.29, 0.717) is 49.4 Å². The Bertz CT molecular complexity index is 2260. The summed E-state index contributed by atoms with van der Waals surface area (Å²) in [5.41, 5.74) is 4.78. The van der Waals surface area contributed by atoms with E-state index in [1.54, 1.807) is 12.1 Å². The Morgan fingerprint density at radius 2 is 1.62 bits per heavy atom. The average molecular weight is 889 g/mol. The summed E-state index contributed by atoms with van der Waals surface area (Å²) in [6.45, 7) is 0.270. The summed E-state index contributed by atoms with van der Waals surface area (Å²) in [7, 11) is -4.70. The number of nitrogens with zero attached hydrogens (tertiary/aromatic N) is 2. The fourth-order valence-electron chi connectivity index (χ4n) is 9.77. The maximum atomic E-state index is 15.3. The van der Waals surface area contributed by atoms with Gasteiger partial charge in [-0.15, -0.1) is 0 Å². The molecule has 0 bridgehead atoms. The van der Waals surface area contributed by atoms with Crippen molar-refractivity contribution >= 4 is 51.1 Å². The molecule has 2 saturated carbocycles. The molecule has 4 fully saturated rings. The third-order valence-corrected chi connectivity index (χ3v) is 15.0. The predicted molar refractivity (Wildman–Crippen MR) is 226 cm³/mol. The van der Waals surface area contributed by atoms with Gasteiger partial charge in [0.1, 0.15) is 12.1 Å². The monoisotopic (exact) mass is 888 g/mol. The van der Waals surface area contributed by atoms with Gasteiger partial charge in [-0.05, 0) is 94.2 Å². The lowest BCUT2D eigenvalue weighted by Gasteiger charge is -2.35. The number of benzene rings is 1. The number of carbonyl (C=O) groups excluding carboxylic acids is 7. The minimum Gasteiger partial charge on any atom is -0.459 e. The fourth-order valence-corrected chi connectivity index (χ4v) is 11.4. The number of ketones is 2. The largest absolute Gasteiger partial charge is 0.459 e. The molecule has 5 amide bonds. The third-order valence-electron chi connectivity index (χ3n) is 13.2. The lowest BCUT2D eigenvalue weighted by molar-refractivity contribution is -0.136. The molecular formula is C45H56N6O11S. The molecule has 1 aromatic carbocycles. The maximum absolute atomic E-state index is 15.3. The van der Waals surface area contributed by atoms with Crippen LogP contribution < -0.4 is 21.7 Å². The highest BCUT2D eigenvalue weighted by molar-refractivity contribution is 7.89. The highest BCUT2D eigenvalue weighted by atomic mass is 32.2. The second-order valence-corrected chi connectivity index (χ2v) is 19.2. The first-order valence-corrected chi connectivity index (χ1v) is 23.4. The van der Waals surface area contributed by atoms with Crippen molar-refractivity contribution in [1.82, 2.24) is 25.2 Å². The normalized spacial score (nSPS) is 21.8. The molecule has 2 aromatic heterocycles. The molecular weight excluding hydrogens is 833 g/mol. The maximum Gasteiger partial charge on any atom is 0.289 e. The number of hydrogen-bond acceptors (Lipinski definition) is 12. The summed E-state index contributed by atoms with van der Waals surface area (Å²) in [6.07, 6.45) is 9.06. The smallest absolute Gasteiger partial charge is 0.289 e. The van der Waals surface area contributed by atoms with Gasteiger partial charge in [-0.3, -0.25) is 33.6 Å². The Balaban J connectivity index is 1.20. The van der Waals surface area contributed by atoms with E-state index in [9.17, 15) is 37.2 Å². The second kappa shape index (κ2) is 19.8. The van der Waals surface area contributed by atoms with E-state index in [1.165, 1.54) is 53.8 Å². The summed E-state index contributed by atoms with van der Waals surface area (Å²) in [4.78, 5) is 98.7. The van der Waals surface area contributed by atoms with Crippen LogP contribution in [-0.2, 0) is 34.0 Å². The van der Waals surface area contributed by atoms with Gasteiger partial charge in [-0.1, -0.05) is 56.7 Å². The molecule has 17 nitrogen and oxygen atoms in total. The SMILES string of the molecule is NC(=O)C1(CC(C(=O)N([C@H]2CCCNCC2=O)S(=O)(=O)c2ccccc2)c2ccoc2C(=O)NC(CC2CCCC2)C(=O)N[C@H]2CCCN(C(=O)c3ccco3)CC2=O)CCCC1. The summed E-state index contributed by atoms with van der Waals surface area (Å²) in [5, 5.41) is 8.62. The van der Waals surface area contributed by atoms with Crippen LogP contribution in [0.25, 0.3) is 0 Å². The number of hydrogen-bond donors (Lipinski definition) is 4. The van der Waals surface area contributed by atoms with Gasteiger partial charge in [0.2, 0.25) is 17.7 Å². The number of sulfonamides is 1. The molecule has 4 heterocycles. The van der Waals surface area contributed by atoms with Crippen molar-refractivity contribution in [3.8, 4) is 0 Å². The molecule has 7 rings (SSSR count). The number of furan rings is 2. The molecule has 2 aliphatic carbocycles. The zero-order chi connectivity index (χ0) is 44.7. The third kappa shape index (κ3) is 10.1. The first kappa shape index (κ1) is 45.4. The van der Waals surface area contributed by atoms with Crippen molar-refractivity contribution in [2.45, 2.75) is 119 Å². The van der Waals surface area contributed by atoms with Gasteiger partial charge in [0.15, 0.2) is 23.1 Å². The number of carbonyl (C=O) groups is 7. The first-order chi connectivity index (χ1) is 30.3. The standard InChI is InChI=1S/C45H56N6O11S/c46-44(58)45(19-6-7-20-45)26-32(42(56)51(35-16-8-21-47-27-36(35)52)63(59,60)30-13-2-1-3-14-30)31-18-24-62-39(31)41(55)49-34(25-29-11-4-5-12-29)40(54)48-33-15-9-22-50(28-37(33)53)43(57)38-17-10-23-61-38/h1-3,10,13-14,17-18,23-24,29,32-35,47H,4-9,11-12,15-16,19-22,25-28H2,(H2,46,58)(H,48,54)(H,49,55)/t32?,33-,34?,35-/m0/s1. The Labute approximate surface area is 366 Å². The van der Waals surface area contributed by atoms with Gasteiger partial charge in [-0.2, -0.15) is 0 Å². The van der Waals surface area contributed by atoms with Crippen LogP contribution in [0.15, 0.2) is 74.8 Å². The van der Waals surface area contributed by atoms with Gasteiger partial charge in [-0.25, -0.2) is 12.7 Å². The summed E-state index contributed by atoms with van der Waals surface area (Å²) < 4.78 is 40.9. The molecule has 3 aromatic rings. The second-order valence-electron chi connectivity index (χ2n) is 17.4. The van der Waals surface area contributed by atoms with Crippen molar-refractivity contribution in [2.24, 2.45) is 17.1 Å². The molecule has 2 unspecified atom stereocenters. The van der Waals surface area contributed by atoms with Gasteiger partial charge in [0.05, 0.1) is 47.9 Å². The number of amides is 5. The van der Waals surface area contributed by atoms with Gasteiger partial charge < -0.3 is 35.4 Å². The van der Waals surface area contributed by atoms with E-state index >= 15 is 4.79 Å². The van der Waals surface area contributed by atoms with Gasteiger partial charge >= 0.3 is 0 Å². The molecule has 2 saturated heterocycles. The minimum atomic E-state index is -4.70. The highest BCUT2D eigenvalue weighted by Gasteiger charge is 2.49. The number of primary amides is 1. The van der Waals surface area contributed by atoms with E-state index in [4.69, 9.17) is 14.6 Å². The van der Waals surface area contributed by atoms with Crippen molar-refractivity contribution < 1.29 is 50.8 Å². The molecule has 18 heteroatoms. The lowest BCUT2D eigenvalue weighted by atomic mass is 9.74. The van der Waals surface area contributed by atoms with Crippen LogP contribution >= 0.6 is 0 Å². The summed E-state index contributed by atoms with van der Waals surface area (Å²) in [6, 6.07) is 8.28. The molecule has 5 N–H and O–H groups in total. The molecule has 4 aliphatic rings. The van der Waals surface area contributed by atoms with Crippen molar-refractivity contribution in [1.29, 1.82) is 0 Å². The Morgan fingerprint density at radius 1 is 0.873 bits per heavy atom. The van der Waals surface area contributed by atoms with Crippen LogP contribution in [0, 0.1) is 11.3 Å². The van der Waals surface area contributed by atoms with Crippen molar-refractivity contribution in [2.75, 3.05) is 26.2 Å². The zero-order valence-electron chi connectivity index (χ0n) is 35.3. The van der Waals surface area contributed by atoms with Gasteiger partial charge in [0, 0.05) is 12.1 Å². The molecule has 63 heavy (non-hydrogen) atoms. The van der Waals surface area contributed by atoms with E-state index < -0.39 is 74.8 Å². The van der Waals surface area contributed by atoms with Crippen LogP contribution in [0.5, 0.6) is 0 Å². The van der Waals surface area contributed by atoms with E-state index in [1.807, 2.05) is 0 Å². The van der Waals surface area contributed by atoms with E-state index in [-0.39, 0.29) is 79.0 Å². The van der Waals surface area contributed by atoms with Crippen molar-refractivity contribution in [3.63, 3.8) is 0 Å². The quantitative estimate of drug-likeness (QED) is 0.171. The minimum absolute atomic E-state index is 0.0298. The first-order valence-electron chi connectivity index (χ1n) is 22.0.